The first kappa shape index (κ1) is 15.6. The second-order valence-corrected chi connectivity index (χ2v) is 4.51. The van der Waals surface area contributed by atoms with E-state index in [1.165, 1.54) is 0 Å². The van der Waals surface area contributed by atoms with Crippen LogP contribution < -0.4 is 15.2 Å². The largest absolute Gasteiger partial charge is 0.486 e. The highest BCUT2D eigenvalue weighted by atomic mass is 35.5. The molecule has 5 nitrogen and oxygen atoms in total. The maximum atomic E-state index is 11.7. The summed E-state index contributed by atoms with van der Waals surface area (Å²) in [5, 5.41) is 0. The Kier molecular flexibility index (Phi) is 5.44. The van der Waals surface area contributed by atoms with Gasteiger partial charge < -0.3 is 20.1 Å². The Balaban J connectivity index is 0.00000180. The summed E-state index contributed by atoms with van der Waals surface area (Å²) in [6.45, 7) is 2.58. The van der Waals surface area contributed by atoms with Gasteiger partial charge in [-0.3, -0.25) is 4.79 Å². The molecule has 1 aliphatic rings. The maximum Gasteiger partial charge on any atom is 0.239 e. The number of amides is 1. The summed E-state index contributed by atoms with van der Waals surface area (Å²) in [7, 11) is 1.72. The Morgan fingerprint density at radius 2 is 2.11 bits per heavy atom. The molecule has 6 heteroatoms. The third kappa shape index (κ3) is 3.75. The monoisotopic (exact) mass is 286 g/mol. The second kappa shape index (κ2) is 6.63. The van der Waals surface area contributed by atoms with E-state index < -0.39 is 6.04 Å². The van der Waals surface area contributed by atoms with E-state index in [1.54, 1.807) is 18.9 Å². The van der Waals surface area contributed by atoms with Gasteiger partial charge in [0.05, 0.1) is 12.6 Å². The molecule has 2 N–H and O–H groups in total. The lowest BCUT2D eigenvalue weighted by Crippen LogP contribution is -2.46. The van der Waals surface area contributed by atoms with Crippen LogP contribution in [-0.4, -0.2) is 43.2 Å². The van der Waals surface area contributed by atoms with E-state index in [4.69, 9.17) is 15.2 Å². The van der Waals surface area contributed by atoms with E-state index in [-0.39, 0.29) is 24.4 Å². The summed E-state index contributed by atoms with van der Waals surface area (Å²) in [6.07, 6.45) is -0.160. The normalized spacial score (nSPS) is 18.2. The van der Waals surface area contributed by atoms with Gasteiger partial charge in [0, 0.05) is 7.05 Å². The van der Waals surface area contributed by atoms with E-state index in [1.807, 2.05) is 24.3 Å². The van der Waals surface area contributed by atoms with Crippen LogP contribution in [0.2, 0.25) is 0 Å². The molecule has 1 heterocycles. The number of rotatable bonds is 3. The summed E-state index contributed by atoms with van der Waals surface area (Å²) < 4.78 is 11.4. The number of ether oxygens (including phenoxy) is 2. The fraction of sp³-hybridized carbons (Fsp3) is 0.462. The summed E-state index contributed by atoms with van der Waals surface area (Å²) in [5.74, 6) is 1.36. The summed E-state index contributed by atoms with van der Waals surface area (Å²) in [6, 6.07) is 7.01. The molecule has 1 aromatic carbocycles. The first-order valence-electron chi connectivity index (χ1n) is 5.97. The predicted molar refractivity (Wildman–Crippen MR) is 74.9 cm³/mol. The number of hydrogen-bond acceptors (Lipinski definition) is 4. The molecule has 1 amide bonds. The van der Waals surface area contributed by atoms with E-state index in [0.29, 0.717) is 13.2 Å². The minimum Gasteiger partial charge on any atom is -0.486 e. The maximum absolute atomic E-state index is 11.7. The van der Waals surface area contributed by atoms with Gasteiger partial charge in [0.25, 0.3) is 0 Å². The average molecular weight is 287 g/mol. The van der Waals surface area contributed by atoms with Gasteiger partial charge in [-0.15, -0.1) is 12.4 Å². The van der Waals surface area contributed by atoms with Crippen molar-refractivity contribution < 1.29 is 14.3 Å². The number of carbonyl (C=O) groups is 1. The highest BCUT2D eigenvalue weighted by Gasteiger charge is 2.24. The van der Waals surface area contributed by atoms with Gasteiger partial charge in [-0.1, -0.05) is 12.1 Å². The molecular formula is C13H19ClN2O3. The zero-order valence-electron chi connectivity index (χ0n) is 11.0. The zero-order valence-corrected chi connectivity index (χ0v) is 11.9. The number of fused-ring (bicyclic) bond motifs is 1. The molecule has 1 aliphatic heterocycles. The van der Waals surface area contributed by atoms with Crippen LogP contribution in [0.25, 0.3) is 0 Å². The number of hydrogen-bond donors (Lipinski definition) is 1. The van der Waals surface area contributed by atoms with Crippen molar-refractivity contribution in [1.82, 2.24) is 4.90 Å². The number of halogens is 1. The van der Waals surface area contributed by atoms with Crippen LogP contribution in [0, 0.1) is 0 Å². The van der Waals surface area contributed by atoms with Gasteiger partial charge >= 0.3 is 0 Å². The minimum absolute atomic E-state index is 0. The van der Waals surface area contributed by atoms with Crippen LogP contribution in [0.3, 0.4) is 0 Å². The highest BCUT2D eigenvalue weighted by molar-refractivity contribution is 5.85. The van der Waals surface area contributed by atoms with E-state index >= 15 is 0 Å². The number of nitrogens with zero attached hydrogens (tertiary/aromatic N) is 1. The molecule has 0 radical (unpaired) electrons. The standard InChI is InChI=1S/C13H18N2O3.ClH/c1-9(14)13(16)15(2)7-10-8-17-11-5-3-4-6-12(11)18-10;/h3-6,9-10H,7-8,14H2,1-2H3;1H. The summed E-state index contributed by atoms with van der Waals surface area (Å²) in [5.41, 5.74) is 5.56. The van der Waals surface area contributed by atoms with Crippen molar-refractivity contribution in [1.29, 1.82) is 0 Å². The first-order chi connectivity index (χ1) is 8.58. The minimum atomic E-state index is -0.494. The van der Waals surface area contributed by atoms with Crippen molar-refractivity contribution in [3.05, 3.63) is 24.3 Å². The Morgan fingerprint density at radius 3 is 2.74 bits per heavy atom. The average Bonchev–Trinajstić information content (AvgIpc) is 2.37. The molecule has 0 fully saturated rings. The van der Waals surface area contributed by atoms with E-state index in [9.17, 15) is 4.79 Å². The van der Waals surface area contributed by atoms with E-state index in [0.717, 1.165) is 11.5 Å². The van der Waals surface area contributed by atoms with Gasteiger partial charge in [0.15, 0.2) is 17.6 Å². The molecule has 1 aromatic rings. The number of likely N-dealkylation sites (N-methyl/N-ethyl adjacent to an activating group) is 1. The van der Waals surface area contributed by atoms with Crippen LogP contribution in [0.5, 0.6) is 11.5 Å². The first-order valence-corrected chi connectivity index (χ1v) is 5.97. The van der Waals surface area contributed by atoms with Crippen LogP contribution in [-0.2, 0) is 4.79 Å². The second-order valence-electron chi connectivity index (χ2n) is 4.51. The molecule has 2 atom stereocenters. The van der Waals surface area contributed by atoms with Crippen molar-refractivity contribution >= 4 is 18.3 Å². The molecule has 0 aromatic heterocycles. The van der Waals surface area contributed by atoms with Crippen molar-refractivity contribution in [2.45, 2.75) is 19.1 Å². The topological polar surface area (TPSA) is 64.8 Å². The number of nitrogens with two attached hydrogens (primary N) is 1. The highest BCUT2D eigenvalue weighted by Crippen LogP contribution is 2.30. The summed E-state index contributed by atoms with van der Waals surface area (Å²) >= 11 is 0. The molecule has 0 bridgehead atoms. The van der Waals surface area contributed by atoms with Crippen molar-refractivity contribution in [3.8, 4) is 11.5 Å². The fourth-order valence-electron chi connectivity index (χ4n) is 1.90. The molecule has 106 valence electrons. The van der Waals surface area contributed by atoms with Crippen molar-refractivity contribution in [2.24, 2.45) is 5.73 Å². The number of para-hydroxylation sites is 2. The van der Waals surface area contributed by atoms with Gasteiger partial charge in [-0.25, -0.2) is 0 Å². The molecule has 0 aliphatic carbocycles. The quantitative estimate of drug-likeness (QED) is 0.902. The third-order valence-corrected chi connectivity index (χ3v) is 2.81. The van der Waals surface area contributed by atoms with E-state index in [2.05, 4.69) is 0 Å². The SMILES string of the molecule is CC(N)C(=O)N(C)CC1COc2ccccc2O1.Cl. The molecule has 2 rings (SSSR count). The van der Waals surface area contributed by atoms with Gasteiger partial charge in [0.1, 0.15) is 6.61 Å². The molecule has 2 unspecified atom stereocenters. The molecule has 0 spiro atoms. The number of benzene rings is 1. The Bertz CT molecular complexity index is 440. The molecule has 19 heavy (non-hydrogen) atoms. The Morgan fingerprint density at radius 1 is 1.47 bits per heavy atom. The van der Waals surface area contributed by atoms with Crippen LogP contribution in [0.15, 0.2) is 24.3 Å². The lowest BCUT2D eigenvalue weighted by Gasteiger charge is -2.30. The zero-order chi connectivity index (χ0) is 13.1. The predicted octanol–water partition coefficient (Wildman–Crippen LogP) is 1.05. The lowest BCUT2D eigenvalue weighted by molar-refractivity contribution is -0.132. The van der Waals surface area contributed by atoms with Crippen LogP contribution in [0.4, 0.5) is 0 Å². The lowest BCUT2D eigenvalue weighted by atomic mass is 10.2. The number of carbonyl (C=O) groups excluding carboxylic acids is 1. The molecule has 0 saturated carbocycles. The molecule has 0 saturated heterocycles. The van der Waals surface area contributed by atoms with Crippen molar-refractivity contribution in [3.63, 3.8) is 0 Å². The fourth-order valence-corrected chi connectivity index (χ4v) is 1.90. The third-order valence-electron chi connectivity index (χ3n) is 2.81. The Labute approximate surface area is 119 Å². The Hall–Kier alpha value is -1.46. The van der Waals surface area contributed by atoms with Gasteiger partial charge in [-0.05, 0) is 19.1 Å². The van der Waals surface area contributed by atoms with Gasteiger partial charge in [0.2, 0.25) is 5.91 Å². The smallest absolute Gasteiger partial charge is 0.239 e. The summed E-state index contributed by atoms with van der Waals surface area (Å²) in [4.78, 5) is 13.2. The molecular weight excluding hydrogens is 268 g/mol. The van der Waals surface area contributed by atoms with Crippen LogP contribution >= 0.6 is 12.4 Å². The van der Waals surface area contributed by atoms with Crippen LogP contribution in [0.1, 0.15) is 6.92 Å². The van der Waals surface area contributed by atoms with Crippen molar-refractivity contribution in [2.75, 3.05) is 20.2 Å². The van der Waals surface area contributed by atoms with Gasteiger partial charge in [-0.2, -0.15) is 0 Å².